The Morgan fingerprint density at radius 1 is 1.16 bits per heavy atom. The van der Waals surface area contributed by atoms with Crippen LogP contribution in [0, 0.1) is 0 Å². The van der Waals surface area contributed by atoms with Gasteiger partial charge in [-0.1, -0.05) is 6.92 Å². The highest BCUT2D eigenvalue weighted by molar-refractivity contribution is 6.10. The summed E-state index contributed by atoms with van der Waals surface area (Å²) >= 11 is 0. The molecular weight excluding hydrogens is 318 g/mol. The summed E-state index contributed by atoms with van der Waals surface area (Å²) < 4.78 is 6.99. The minimum absolute atomic E-state index is 0.0518. The highest BCUT2D eigenvalue weighted by Gasteiger charge is 2.19. The van der Waals surface area contributed by atoms with Crippen LogP contribution < -0.4 is 0 Å². The Kier molecular flexibility index (Phi) is 6.39. The number of aryl methyl sites for hydroxylation is 1. The molecule has 1 N–H and O–H groups in total. The van der Waals surface area contributed by atoms with E-state index in [2.05, 4.69) is 0 Å². The number of ether oxygens (including phenoxy) is 1. The van der Waals surface area contributed by atoms with Crippen molar-refractivity contribution in [3.63, 3.8) is 0 Å². The number of rotatable bonds is 8. The largest absolute Gasteiger partial charge is 0.508 e. The Morgan fingerprint density at radius 3 is 2.44 bits per heavy atom. The normalized spacial score (nSPS) is 10.7. The van der Waals surface area contributed by atoms with Gasteiger partial charge in [-0.2, -0.15) is 0 Å². The number of carbonyl (C=O) groups excluding carboxylic acids is 2. The van der Waals surface area contributed by atoms with Crippen molar-refractivity contribution in [2.24, 2.45) is 7.05 Å². The average molecular weight is 343 g/mol. The lowest BCUT2D eigenvalue weighted by atomic mass is 10.0. The van der Waals surface area contributed by atoms with Gasteiger partial charge in [-0.25, -0.2) is 0 Å². The van der Waals surface area contributed by atoms with Crippen molar-refractivity contribution in [2.75, 3.05) is 6.61 Å². The van der Waals surface area contributed by atoms with Crippen molar-refractivity contribution < 1.29 is 19.4 Å². The van der Waals surface area contributed by atoms with E-state index in [1.165, 1.54) is 12.1 Å². The van der Waals surface area contributed by atoms with Gasteiger partial charge in [0.15, 0.2) is 5.78 Å². The molecule has 2 rings (SSSR count). The minimum atomic E-state index is -0.187. The quantitative estimate of drug-likeness (QED) is 0.589. The number of nitrogens with zero attached hydrogens (tertiary/aromatic N) is 1. The van der Waals surface area contributed by atoms with Crippen molar-refractivity contribution >= 4 is 11.8 Å². The number of hydrogen-bond donors (Lipinski definition) is 1. The molecule has 0 aliphatic carbocycles. The summed E-state index contributed by atoms with van der Waals surface area (Å²) in [5, 5.41) is 9.38. The fourth-order valence-corrected chi connectivity index (χ4v) is 2.98. The summed E-state index contributed by atoms with van der Waals surface area (Å²) in [6.07, 6.45) is 2.52. The molecule has 25 heavy (non-hydrogen) atoms. The van der Waals surface area contributed by atoms with Gasteiger partial charge in [0.2, 0.25) is 0 Å². The van der Waals surface area contributed by atoms with Gasteiger partial charge in [0, 0.05) is 36.0 Å². The maximum Gasteiger partial charge on any atom is 0.305 e. The van der Waals surface area contributed by atoms with E-state index >= 15 is 0 Å². The Hall–Kier alpha value is -2.56. The molecule has 0 aliphatic rings. The van der Waals surface area contributed by atoms with E-state index < -0.39 is 0 Å². The van der Waals surface area contributed by atoms with Crippen LogP contribution in [0.25, 0.3) is 0 Å². The third kappa shape index (κ3) is 4.50. The second-order valence-electron chi connectivity index (χ2n) is 5.94. The van der Waals surface area contributed by atoms with E-state index in [1.807, 2.05) is 24.6 Å². The van der Waals surface area contributed by atoms with Crippen LogP contribution in [0.2, 0.25) is 0 Å². The van der Waals surface area contributed by atoms with Crippen LogP contribution in [0.1, 0.15) is 54.0 Å². The van der Waals surface area contributed by atoms with Crippen LogP contribution in [0.5, 0.6) is 5.75 Å². The predicted molar refractivity (Wildman–Crippen MR) is 95.9 cm³/mol. The molecule has 0 fully saturated rings. The van der Waals surface area contributed by atoms with E-state index in [-0.39, 0.29) is 17.5 Å². The van der Waals surface area contributed by atoms with Gasteiger partial charge < -0.3 is 14.4 Å². The fourth-order valence-electron chi connectivity index (χ4n) is 2.98. The standard InChI is InChI=1S/C20H25NO4/c1-4-18-17(20(24)14-9-11-16(22)12-10-14)13-15(21(18)3)7-6-8-19(23)25-5-2/h9-13,22H,4-8H2,1-3H3. The number of aromatic hydroxyl groups is 1. The Bertz CT molecular complexity index is 744. The second kappa shape index (κ2) is 8.51. The SMILES string of the molecule is CCOC(=O)CCCc1cc(C(=O)c2ccc(O)cc2)c(CC)n1C. The molecule has 0 saturated carbocycles. The topological polar surface area (TPSA) is 68.5 Å². The number of phenols is 1. The van der Waals surface area contributed by atoms with Crippen LogP contribution in [0.15, 0.2) is 30.3 Å². The van der Waals surface area contributed by atoms with Crippen LogP contribution in [-0.4, -0.2) is 28.0 Å². The van der Waals surface area contributed by atoms with Gasteiger partial charge in [-0.05, 0) is 56.5 Å². The molecule has 1 aromatic carbocycles. The number of hydrogen-bond acceptors (Lipinski definition) is 4. The fraction of sp³-hybridized carbons (Fsp3) is 0.400. The number of phenolic OH excluding ortho intramolecular Hbond substituents is 1. The molecule has 1 aromatic heterocycles. The van der Waals surface area contributed by atoms with Gasteiger partial charge in [0.05, 0.1) is 6.61 Å². The molecule has 5 heteroatoms. The van der Waals surface area contributed by atoms with Crippen LogP contribution in [0.3, 0.4) is 0 Å². The monoisotopic (exact) mass is 343 g/mol. The lowest BCUT2D eigenvalue weighted by Gasteiger charge is -2.07. The molecule has 0 saturated heterocycles. The molecule has 2 aromatic rings. The highest BCUT2D eigenvalue weighted by Crippen LogP contribution is 2.22. The van der Waals surface area contributed by atoms with Crippen molar-refractivity contribution in [1.82, 2.24) is 4.57 Å². The summed E-state index contributed by atoms with van der Waals surface area (Å²) in [7, 11) is 1.95. The van der Waals surface area contributed by atoms with Gasteiger partial charge in [-0.15, -0.1) is 0 Å². The first-order chi connectivity index (χ1) is 12.0. The van der Waals surface area contributed by atoms with Gasteiger partial charge in [0.1, 0.15) is 5.75 Å². The first-order valence-corrected chi connectivity index (χ1v) is 8.64. The van der Waals surface area contributed by atoms with E-state index in [4.69, 9.17) is 4.74 Å². The lowest BCUT2D eigenvalue weighted by Crippen LogP contribution is -2.07. The molecule has 1 heterocycles. The first-order valence-electron chi connectivity index (χ1n) is 8.64. The third-order valence-corrected chi connectivity index (χ3v) is 4.29. The molecule has 5 nitrogen and oxygen atoms in total. The van der Waals surface area contributed by atoms with E-state index in [1.54, 1.807) is 19.1 Å². The average Bonchev–Trinajstić information content (AvgIpc) is 2.91. The number of carbonyl (C=O) groups is 2. The zero-order chi connectivity index (χ0) is 18.4. The number of esters is 1. The van der Waals surface area contributed by atoms with Crippen molar-refractivity contribution in [3.8, 4) is 5.75 Å². The molecule has 0 spiro atoms. The van der Waals surface area contributed by atoms with Gasteiger partial charge >= 0.3 is 5.97 Å². The van der Waals surface area contributed by atoms with Crippen molar-refractivity contribution in [3.05, 3.63) is 52.8 Å². The van der Waals surface area contributed by atoms with Crippen molar-refractivity contribution in [2.45, 2.75) is 39.5 Å². The zero-order valence-corrected chi connectivity index (χ0v) is 15.0. The van der Waals surface area contributed by atoms with Crippen LogP contribution >= 0.6 is 0 Å². The molecule has 134 valence electrons. The maximum atomic E-state index is 12.8. The number of ketones is 1. The maximum absolute atomic E-state index is 12.8. The first kappa shape index (κ1) is 18.8. The summed E-state index contributed by atoms with van der Waals surface area (Å²) in [6.45, 7) is 4.21. The molecule has 0 radical (unpaired) electrons. The summed E-state index contributed by atoms with van der Waals surface area (Å²) in [4.78, 5) is 24.3. The summed E-state index contributed by atoms with van der Waals surface area (Å²) in [5.74, 6) is -0.100. The summed E-state index contributed by atoms with van der Waals surface area (Å²) in [6, 6.07) is 8.21. The number of benzene rings is 1. The Morgan fingerprint density at radius 2 is 1.84 bits per heavy atom. The predicted octanol–water partition coefficient (Wildman–Crippen LogP) is 3.41. The smallest absolute Gasteiger partial charge is 0.305 e. The van der Waals surface area contributed by atoms with E-state index in [0.717, 1.165) is 17.8 Å². The Balaban J connectivity index is 2.17. The highest BCUT2D eigenvalue weighted by atomic mass is 16.5. The van der Waals surface area contributed by atoms with Crippen LogP contribution in [0.4, 0.5) is 0 Å². The Labute approximate surface area is 148 Å². The second-order valence-corrected chi connectivity index (χ2v) is 5.94. The molecule has 0 amide bonds. The molecule has 0 atom stereocenters. The van der Waals surface area contributed by atoms with Gasteiger partial charge in [-0.3, -0.25) is 9.59 Å². The third-order valence-electron chi connectivity index (χ3n) is 4.29. The molecule has 0 unspecified atom stereocenters. The molecule has 0 aliphatic heterocycles. The summed E-state index contributed by atoms with van der Waals surface area (Å²) in [5.41, 5.74) is 3.24. The van der Waals surface area contributed by atoms with E-state index in [9.17, 15) is 14.7 Å². The van der Waals surface area contributed by atoms with Crippen LogP contribution in [-0.2, 0) is 29.4 Å². The van der Waals surface area contributed by atoms with Gasteiger partial charge in [0.25, 0.3) is 0 Å². The zero-order valence-electron chi connectivity index (χ0n) is 15.0. The molecular formula is C20H25NO4. The lowest BCUT2D eigenvalue weighted by molar-refractivity contribution is -0.143. The minimum Gasteiger partial charge on any atom is -0.508 e. The van der Waals surface area contributed by atoms with E-state index in [0.29, 0.717) is 37.0 Å². The van der Waals surface area contributed by atoms with Crippen molar-refractivity contribution in [1.29, 1.82) is 0 Å². The number of aromatic nitrogens is 1. The molecule has 0 bridgehead atoms.